The van der Waals surface area contributed by atoms with E-state index in [-0.39, 0.29) is 17.8 Å². The van der Waals surface area contributed by atoms with Crippen LogP contribution in [0.15, 0.2) is 45.8 Å². The predicted molar refractivity (Wildman–Crippen MR) is 84.3 cm³/mol. The summed E-state index contributed by atoms with van der Waals surface area (Å²) in [6, 6.07) is 8.66. The molecule has 21 heavy (non-hydrogen) atoms. The Morgan fingerprint density at radius 2 is 1.86 bits per heavy atom. The van der Waals surface area contributed by atoms with Crippen molar-refractivity contribution < 1.29 is 12.8 Å². The monoisotopic (exact) mass is 392 g/mol. The second kappa shape index (κ2) is 6.31. The Kier molecular flexibility index (Phi) is 4.88. The van der Waals surface area contributed by atoms with E-state index in [0.29, 0.717) is 9.50 Å². The van der Waals surface area contributed by atoms with E-state index in [9.17, 15) is 12.8 Å². The summed E-state index contributed by atoms with van der Waals surface area (Å²) in [5, 5.41) is 0.469. The summed E-state index contributed by atoms with van der Waals surface area (Å²) >= 11 is 8.87. The van der Waals surface area contributed by atoms with E-state index in [1.165, 1.54) is 36.4 Å². The van der Waals surface area contributed by atoms with Gasteiger partial charge in [0.05, 0.1) is 0 Å². The van der Waals surface area contributed by atoms with Gasteiger partial charge in [-0.2, -0.15) is 0 Å². The van der Waals surface area contributed by atoms with Crippen LogP contribution in [0.1, 0.15) is 5.56 Å². The molecule has 0 radical (unpaired) electrons. The molecule has 0 atom stereocenters. The molecule has 0 heterocycles. The third-order valence-corrected chi connectivity index (χ3v) is 4.78. The van der Waals surface area contributed by atoms with E-state index in [4.69, 9.17) is 17.3 Å². The van der Waals surface area contributed by atoms with Crippen LogP contribution in [-0.2, 0) is 16.6 Å². The maximum Gasteiger partial charge on any atom is 0.264 e. The van der Waals surface area contributed by atoms with Gasteiger partial charge in [-0.05, 0) is 36.4 Å². The van der Waals surface area contributed by atoms with Crippen LogP contribution in [0.5, 0.6) is 0 Å². The lowest BCUT2D eigenvalue weighted by Crippen LogP contribution is -2.16. The van der Waals surface area contributed by atoms with Crippen molar-refractivity contribution in [3.63, 3.8) is 0 Å². The number of nitrogens with two attached hydrogens (primary N) is 1. The quantitative estimate of drug-likeness (QED) is 0.835. The van der Waals surface area contributed by atoms with Crippen LogP contribution in [0.4, 0.5) is 10.1 Å². The van der Waals surface area contributed by atoms with Gasteiger partial charge in [-0.25, -0.2) is 12.8 Å². The Balaban J connectivity index is 2.44. The van der Waals surface area contributed by atoms with E-state index < -0.39 is 20.7 Å². The number of anilines is 1. The number of hydrogen-bond acceptors (Lipinski definition) is 3. The van der Waals surface area contributed by atoms with Crippen LogP contribution in [0.2, 0.25) is 5.02 Å². The topological polar surface area (TPSA) is 72.2 Å². The second-order valence-corrected chi connectivity index (χ2v) is 7.20. The lowest BCUT2D eigenvalue weighted by molar-refractivity contribution is 0.560. The van der Waals surface area contributed by atoms with E-state index in [0.717, 1.165) is 0 Å². The smallest absolute Gasteiger partial charge is 0.264 e. The van der Waals surface area contributed by atoms with Gasteiger partial charge in [0.25, 0.3) is 10.0 Å². The molecule has 0 bridgehead atoms. The minimum atomic E-state index is -4.07. The fraction of sp³-hybridized carbons (Fsp3) is 0.0769. The Morgan fingerprint density at radius 3 is 2.43 bits per heavy atom. The fourth-order valence-electron chi connectivity index (χ4n) is 1.69. The highest BCUT2D eigenvalue weighted by molar-refractivity contribution is 9.10. The van der Waals surface area contributed by atoms with Gasteiger partial charge in [0.1, 0.15) is 10.7 Å². The summed E-state index contributed by atoms with van der Waals surface area (Å²) in [7, 11) is -4.07. The summed E-state index contributed by atoms with van der Waals surface area (Å²) < 4.78 is 41.5. The molecule has 112 valence electrons. The molecule has 4 nitrogen and oxygen atoms in total. The van der Waals surface area contributed by atoms with Gasteiger partial charge in [0.15, 0.2) is 0 Å². The lowest BCUT2D eigenvalue weighted by atomic mass is 10.2. The highest BCUT2D eigenvalue weighted by atomic mass is 79.9. The molecule has 0 aliphatic rings. The van der Waals surface area contributed by atoms with Crippen molar-refractivity contribution in [1.82, 2.24) is 0 Å². The van der Waals surface area contributed by atoms with Crippen LogP contribution in [0.25, 0.3) is 0 Å². The van der Waals surface area contributed by atoms with E-state index in [1.807, 2.05) is 0 Å². The molecule has 0 aromatic heterocycles. The summed E-state index contributed by atoms with van der Waals surface area (Å²) in [5.74, 6) is -0.859. The zero-order valence-electron chi connectivity index (χ0n) is 10.6. The van der Waals surface area contributed by atoms with Crippen molar-refractivity contribution in [3.05, 3.63) is 57.3 Å². The molecule has 2 aromatic rings. The number of benzene rings is 2. The molecule has 8 heteroatoms. The molecule has 0 unspecified atom stereocenters. The zero-order valence-corrected chi connectivity index (χ0v) is 13.8. The van der Waals surface area contributed by atoms with E-state index in [1.54, 1.807) is 0 Å². The normalized spacial score (nSPS) is 11.4. The second-order valence-electron chi connectivity index (χ2n) is 4.19. The van der Waals surface area contributed by atoms with Gasteiger partial charge in [0.2, 0.25) is 0 Å². The van der Waals surface area contributed by atoms with Gasteiger partial charge < -0.3 is 5.73 Å². The van der Waals surface area contributed by atoms with Crippen LogP contribution < -0.4 is 10.5 Å². The van der Waals surface area contributed by atoms with Crippen molar-refractivity contribution in [2.45, 2.75) is 11.4 Å². The summed E-state index contributed by atoms with van der Waals surface area (Å²) in [6.45, 7) is -0.102. The van der Waals surface area contributed by atoms with Crippen LogP contribution in [0, 0.1) is 5.82 Å². The lowest BCUT2D eigenvalue weighted by Gasteiger charge is -2.11. The highest BCUT2D eigenvalue weighted by Gasteiger charge is 2.22. The Bertz CT molecular complexity index is 766. The summed E-state index contributed by atoms with van der Waals surface area (Å²) in [5.41, 5.74) is 5.81. The first-order valence-corrected chi connectivity index (χ1v) is 8.45. The average Bonchev–Trinajstić information content (AvgIpc) is 2.43. The number of rotatable bonds is 4. The minimum Gasteiger partial charge on any atom is -0.326 e. The van der Waals surface area contributed by atoms with Crippen molar-refractivity contribution in [2.24, 2.45) is 5.73 Å². The first kappa shape index (κ1) is 16.2. The van der Waals surface area contributed by atoms with Crippen molar-refractivity contribution in [3.8, 4) is 0 Å². The third-order valence-electron chi connectivity index (χ3n) is 2.69. The number of hydrogen-bond donors (Lipinski definition) is 2. The molecule has 0 saturated carbocycles. The molecule has 0 spiro atoms. The molecular formula is C13H11BrClFN2O2S. The summed E-state index contributed by atoms with van der Waals surface area (Å²) in [4.78, 5) is -0.465. The van der Waals surface area contributed by atoms with Gasteiger partial charge in [-0.1, -0.05) is 27.5 Å². The van der Waals surface area contributed by atoms with Gasteiger partial charge in [0, 0.05) is 27.3 Å². The molecule has 0 aliphatic heterocycles. The molecular weight excluding hydrogens is 383 g/mol. The Hall–Kier alpha value is -1.15. The molecule has 2 rings (SSSR count). The Morgan fingerprint density at radius 1 is 1.24 bits per heavy atom. The van der Waals surface area contributed by atoms with Crippen molar-refractivity contribution >= 4 is 43.2 Å². The van der Waals surface area contributed by atoms with Gasteiger partial charge in [-0.15, -0.1) is 0 Å². The zero-order chi connectivity index (χ0) is 15.6. The fourth-order valence-corrected chi connectivity index (χ4v) is 3.68. The maximum absolute atomic E-state index is 14.2. The van der Waals surface area contributed by atoms with Crippen molar-refractivity contribution in [1.29, 1.82) is 0 Å². The average molecular weight is 394 g/mol. The predicted octanol–water partition coefficient (Wildman–Crippen LogP) is 3.50. The third kappa shape index (κ3) is 3.74. The largest absolute Gasteiger partial charge is 0.326 e. The molecule has 0 saturated heterocycles. The number of nitrogens with one attached hydrogen (secondary N) is 1. The van der Waals surface area contributed by atoms with Gasteiger partial charge in [-0.3, -0.25) is 4.72 Å². The Labute approximate surface area is 135 Å². The van der Waals surface area contributed by atoms with Gasteiger partial charge >= 0.3 is 0 Å². The summed E-state index contributed by atoms with van der Waals surface area (Å²) in [6.07, 6.45) is 0. The van der Waals surface area contributed by atoms with Crippen LogP contribution >= 0.6 is 27.5 Å². The van der Waals surface area contributed by atoms with Crippen LogP contribution in [-0.4, -0.2) is 8.42 Å². The maximum atomic E-state index is 14.2. The molecule has 2 aromatic carbocycles. The first-order valence-electron chi connectivity index (χ1n) is 5.80. The molecule has 0 aliphatic carbocycles. The highest BCUT2D eigenvalue weighted by Crippen LogP contribution is 2.26. The SMILES string of the molecule is NCc1cc(Br)cc(S(=O)(=O)Nc2ccc(Cl)cc2)c1F. The van der Waals surface area contributed by atoms with Crippen molar-refractivity contribution in [2.75, 3.05) is 4.72 Å². The van der Waals surface area contributed by atoms with E-state index >= 15 is 0 Å². The minimum absolute atomic E-state index is 0.102. The number of sulfonamides is 1. The first-order chi connectivity index (χ1) is 9.83. The van der Waals surface area contributed by atoms with E-state index in [2.05, 4.69) is 20.7 Å². The standard InChI is InChI=1S/C13H11BrClFN2O2S/c14-9-5-8(7-17)13(16)12(6-9)21(19,20)18-11-3-1-10(15)2-4-11/h1-6,18H,7,17H2. The molecule has 0 amide bonds. The molecule has 3 N–H and O–H groups in total. The number of halogens is 3. The molecule has 0 fully saturated rings. The van der Waals surface area contributed by atoms with Crippen LogP contribution in [0.3, 0.4) is 0 Å².